The summed E-state index contributed by atoms with van der Waals surface area (Å²) in [6.07, 6.45) is 0. The molecule has 0 saturated heterocycles. The van der Waals surface area contributed by atoms with E-state index in [0.29, 0.717) is 10.7 Å². The van der Waals surface area contributed by atoms with E-state index in [0.717, 1.165) is 15.3 Å². The number of sulfonamides is 1. The SMILES string of the molecule is Cc1cc2cccc(S(=O)(=O)N(C)C)c2nc1Cl. The minimum absolute atomic E-state index is 0.173. The fraction of sp³-hybridized carbons (Fsp3) is 0.250. The van der Waals surface area contributed by atoms with Crippen molar-refractivity contribution in [1.29, 1.82) is 0 Å². The van der Waals surface area contributed by atoms with E-state index in [9.17, 15) is 8.42 Å². The second-order valence-electron chi connectivity index (χ2n) is 4.21. The Morgan fingerprint density at radius 2 is 1.94 bits per heavy atom. The van der Waals surface area contributed by atoms with Crippen molar-refractivity contribution in [2.75, 3.05) is 14.1 Å². The average Bonchev–Trinajstić information content (AvgIpc) is 2.29. The molecule has 0 aliphatic heterocycles. The number of halogens is 1. The summed E-state index contributed by atoms with van der Waals surface area (Å²) in [6, 6.07) is 6.89. The molecule has 2 aromatic rings. The van der Waals surface area contributed by atoms with E-state index in [4.69, 9.17) is 11.6 Å². The van der Waals surface area contributed by atoms with Crippen LogP contribution in [0.15, 0.2) is 29.2 Å². The lowest BCUT2D eigenvalue weighted by atomic mass is 10.2. The lowest BCUT2D eigenvalue weighted by Gasteiger charge is -2.13. The number of nitrogens with zero attached hydrogens (tertiary/aromatic N) is 2. The van der Waals surface area contributed by atoms with Gasteiger partial charge in [-0.15, -0.1) is 0 Å². The summed E-state index contributed by atoms with van der Waals surface area (Å²) in [7, 11) is -0.541. The topological polar surface area (TPSA) is 50.3 Å². The Labute approximate surface area is 111 Å². The Bertz CT molecular complexity index is 711. The third-order valence-electron chi connectivity index (χ3n) is 2.70. The normalized spacial score (nSPS) is 12.3. The molecular weight excluding hydrogens is 272 g/mol. The summed E-state index contributed by atoms with van der Waals surface area (Å²) in [4.78, 5) is 4.36. The molecule has 0 atom stereocenters. The molecule has 0 aliphatic carbocycles. The summed E-state index contributed by atoms with van der Waals surface area (Å²) in [5.74, 6) is 0. The van der Waals surface area contributed by atoms with Crippen molar-refractivity contribution < 1.29 is 8.42 Å². The molecule has 4 nitrogen and oxygen atoms in total. The van der Waals surface area contributed by atoms with Crippen molar-refractivity contribution in [2.24, 2.45) is 0 Å². The second kappa shape index (κ2) is 4.50. The highest BCUT2D eigenvalue weighted by Gasteiger charge is 2.21. The first-order chi connectivity index (χ1) is 8.34. The quantitative estimate of drug-likeness (QED) is 0.796. The molecule has 1 aromatic carbocycles. The largest absolute Gasteiger partial charge is 0.244 e. The van der Waals surface area contributed by atoms with Crippen molar-refractivity contribution in [3.05, 3.63) is 35.0 Å². The van der Waals surface area contributed by atoms with E-state index in [2.05, 4.69) is 4.98 Å². The van der Waals surface area contributed by atoms with Gasteiger partial charge in [0, 0.05) is 19.5 Å². The summed E-state index contributed by atoms with van der Waals surface area (Å²) < 4.78 is 25.5. The molecule has 0 fully saturated rings. The molecule has 0 bridgehead atoms. The van der Waals surface area contributed by atoms with Crippen LogP contribution in [0.1, 0.15) is 5.56 Å². The van der Waals surface area contributed by atoms with Gasteiger partial charge in [-0.2, -0.15) is 0 Å². The van der Waals surface area contributed by atoms with Gasteiger partial charge in [-0.3, -0.25) is 0 Å². The Hall–Kier alpha value is -1.17. The number of fused-ring (bicyclic) bond motifs is 1. The van der Waals surface area contributed by atoms with Crippen LogP contribution >= 0.6 is 11.6 Å². The molecule has 2 rings (SSSR count). The molecule has 0 radical (unpaired) electrons. The first-order valence-corrected chi connectivity index (χ1v) is 7.14. The highest BCUT2D eigenvalue weighted by Crippen LogP contribution is 2.26. The zero-order valence-electron chi connectivity index (χ0n) is 10.3. The van der Waals surface area contributed by atoms with Crippen molar-refractivity contribution in [3.63, 3.8) is 0 Å². The summed E-state index contributed by atoms with van der Waals surface area (Å²) in [6.45, 7) is 1.84. The van der Waals surface area contributed by atoms with E-state index in [1.54, 1.807) is 6.07 Å². The molecule has 1 aromatic heterocycles. The lowest BCUT2D eigenvalue weighted by Crippen LogP contribution is -2.22. The van der Waals surface area contributed by atoms with E-state index in [1.165, 1.54) is 20.2 Å². The molecule has 0 amide bonds. The molecule has 0 unspecified atom stereocenters. The maximum atomic E-state index is 12.2. The first-order valence-electron chi connectivity index (χ1n) is 5.32. The van der Waals surface area contributed by atoms with Gasteiger partial charge in [0.25, 0.3) is 0 Å². The molecule has 1 heterocycles. The van der Waals surface area contributed by atoms with Gasteiger partial charge in [0.1, 0.15) is 10.0 Å². The first kappa shape index (κ1) is 13.3. The van der Waals surface area contributed by atoms with E-state index < -0.39 is 10.0 Å². The molecule has 0 spiro atoms. The van der Waals surface area contributed by atoms with Crippen molar-refractivity contribution in [3.8, 4) is 0 Å². The fourth-order valence-corrected chi connectivity index (χ4v) is 2.85. The van der Waals surface area contributed by atoms with E-state index >= 15 is 0 Å². The van der Waals surface area contributed by atoms with Gasteiger partial charge < -0.3 is 0 Å². The minimum Gasteiger partial charge on any atom is -0.234 e. The lowest BCUT2D eigenvalue weighted by molar-refractivity contribution is 0.521. The summed E-state index contributed by atoms with van der Waals surface area (Å²) in [5.41, 5.74) is 1.23. The standard InChI is InChI=1S/C12H13ClN2O2S/c1-8-7-9-5-4-6-10(11(9)14-12(8)13)18(16,17)15(2)3/h4-7H,1-3H3. The average molecular weight is 285 g/mol. The highest BCUT2D eigenvalue weighted by molar-refractivity contribution is 7.89. The molecule has 0 N–H and O–H groups in total. The summed E-state index contributed by atoms with van der Waals surface area (Å²) >= 11 is 5.97. The smallest absolute Gasteiger partial charge is 0.234 e. The van der Waals surface area contributed by atoms with Crippen LogP contribution in [0.4, 0.5) is 0 Å². The zero-order valence-corrected chi connectivity index (χ0v) is 11.9. The van der Waals surface area contributed by atoms with Crippen LogP contribution in [0.3, 0.4) is 0 Å². The van der Waals surface area contributed by atoms with Crippen molar-refractivity contribution in [1.82, 2.24) is 9.29 Å². The Morgan fingerprint density at radius 1 is 1.28 bits per heavy atom. The number of aromatic nitrogens is 1. The monoisotopic (exact) mass is 284 g/mol. The van der Waals surface area contributed by atoms with Crippen LogP contribution in [0.2, 0.25) is 5.15 Å². The van der Waals surface area contributed by atoms with Crippen LogP contribution in [0, 0.1) is 6.92 Å². The van der Waals surface area contributed by atoms with E-state index in [-0.39, 0.29) is 4.90 Å². The van der Waals surface area contributed by atoms with Crippen LogP contribution in [0.5, 0.6) is 0 Å². The van der Waals surface area contributed by atoms with Crippen molar-refractivity contribution in [2.45, 2.75) is 11.8 Å². The van der Waals surface area contributed by atoms with E-state index in [1.807, 2.05) is 19.1 Å². The third kappa shape index (κ3) is 2.09. The maximum Gasteiger partial charge on any atom is 0.244 e. The maximum absolute atomic E-state index is 12.2. The summed E-state index contributed by atoms with van der Waals surface area (Å²) in [5, 5.41) is 1.09. The van der Waals surface area contributed by atoms with Gasteiger partial charge >= 0.3 is 0 Å². The predicted molar refractivity (Wildman–Crippen MR) is 72.4 cm³/mol. The Morgan fingerprint density at radius 3 is 2.56 bits per heavy atom. The van der Waals surface area contributed by atoms with Gasteiger partial charge in [-0.25, -0.2) is 17.7 Å². The Kier molecular flexibility index (Phi) is 3.31. The van der Waals surface area contributed by atoms with Gasteiger partial charge in [-0.1, -0.05) is 23.7 Å². The van der Waals surface area contributed by atoms with Gasteiger partial charge in [0.15, 0.2) is 0 Å². The predicted octanol–water partition coefficient (Wildman–Crippen LogP) is 2.45. The molecular formula is C12H13ClN2O2S. The fourth-order valence-electron chi connectivity index (χ4n) is 1.66. The molecule has 0 saturated carbocycles. The number of hydrogen-bond acceptors (Lipinski definition) is 3. The van der Waals surface area contributed by atoms with Crippen molar-refractivity contribution >= 4 is 32.5 Å². The third-order valence-corrected chi connectivity index (χ3v) is 4.93. The number of benzene rings is 1. The minimum atomic E-state index is -3.52. The molecule has 6 heteroatoms. The van der Waals surface area contributed by atoms with Crippen LogP contribution in [-0.4, -0.2) is 31.8 Å². The zero-order chi connectivity index (χ0) is 13.5. The number of rotatable bonds is 2. The van der Waals surface area contributed by atoms with Gasteiger partial charge in [-0.05, 0) is 24.6 Å². The van der Waals surface area contributed by atoms with Gasteiger partial charge in [0.05, 0.1) is 5.52 Å². The van der Waals surface area contributed by atoms with Gasteiger partial charge in [0.2, 0.25) is 10.0 Å². The van der Waals surface area contributed by atoms with Crippen LogP contribution in [-0.2, 0) is 10.0 Å². The molecule has 18 heavy (non-hydrogen) atoms. The molecule has 96 valence electrons. The Balaban J connectivity index is 2.85. The highest BCUT2D eigenvalue weighted by atomic mass is 35.5. The number of pyridine rings is 1. The second-order valence-corrected chi connectivity index (χ2v) is 6.69. The number of hydrogen-bond donors (Lipinski definition) is 0. The van der Waals surface area contributed by atoms with Crippen LogP contribution < -0.4 is 0 Å². The number of aryl methyl sites for hydroxylation is 1. The number of para-hydroxylation sites is 1. The van der Waals surface area contributed by atoms with Crippen LogP contribution in [0.25, 0.3) is 10.9 Å². The molecule has 0 aliphatic rings.